The molecule has 3 aromatic rings. The lowest BCUT2D eigenvalue weighted by molar-refractivity contribution is 0.0197. The minimum absolute atomic E-state index is 0.0615. The van der Waals surface area contributed by atoms with E-state index >= 15 is 0 Å². The molecular weight excluding hydrogens is 448 g/mol. The predicted octanol–water partition coefficient (Wildman–Crippen LogP) is 4.19. The lowest BCUT2D eigenvalue weighted by Gasteiger charge is -2.34. The fraction of sp³-hybridized carbons (Fsp3) is 0.476. The van der Waals surface area contributed by atoms with Crippen LogP contribution in [0.1, 0.15) is 45.2 Å². The van der Waals surface area contributed by atoms with E-state index in [1.807, 2.05) is 50.8 Å². The molecule has 3 aromatic heterocycles. The molecule has 1 atom stereocenters. The molecule has 0 bridgehead atoms. The SMILES string of the molecule is Cn1ccc(-c2cnn3c(N)c(Br)c(C4CCCN(C(=O)OC(C)(C)C)C4)nc23)c1. The number of nitrogen functional groups attached to an aromatic ring is 1. The molecule has 9 heteroatoms. The van der Waals surface area contributed by atoms with Gasteiger partial charge in [-0.15, -0.1) is 0 Å². The van der Waals surface area contributed by atoms with E-state index in [0.717, 1.165) is 34.1 Å². The molecule has 8 nitrogen and oxygen atoms in total. The van der Waals surface area contributed by atoms with Gasteiger partial charge in [0.25, 0.3) is 0 Å². The van der Waals surface area contributed by atoms with Crippen LogP contribution >= 0.6 is 15.9 Å². The molecule has 0 aromatic carbocycles. The van der Waals surface area contributed by atoms with Crippen molar-refractivity contribution in [1.29, 1.82) is 0 Å². The fourth-order valence-corrected chi connectivity index (χ4v) is 4.42. The molecular formula is C21H27BrN6O2. The number of aromatic nitrogens is 4. The molecule has 4 rings (SSSR count). The van der Waals surface area contributed by atoms with Crippen molar-refractivity contribution in [2.45, 2.75) is 45.1 Å². The Morgan fingerprint density at radius 1 is 1.37 bits per heavy atom. The van der Waals surface area contributed by atoms with Crippen LogP contribution in [0.4, 0.5) is 10.6 Å². The van der Waals surface area contributed by atoms with Gasteiger partial charge in [0.1, 0.15) is 11.4 Å². The zero-order valence-corrected chi connectivity index (χ0v) is 19.3. The van der Waals surface area contributed by atoms with Crippen molar-refractivity contribution in [3.63, 3.8) is 0 Å². The zero-order chi connectivity index (χ0) is 21.6. The molecule has 2 N–H and O–H groups in total. The van der Waals surface area contributed by atoms with Crippen LogP contribution in [-0.4, -0.2) is 48.8 Å². The molecule has 0 aliphatic carbocycles. The largest absolute Gasteiger partial charge is 0.444 e. The Kier molecular flexibility index (Phi) is 5.25. The number of halogens is 1. The molecule has 1 unspecified atom stereocenters. The van der Waals surface area contributed by atoms with Crippen LogP contribution in [-0.2, 0) is 11.8 Å². The van der Waals surface area contributed by atoms with Crippen LogP contribution in [0.3, 0.4) is 0 Å². The lowest BCUT2D eigenvalue weighted by Crippen LogP contribution is -2.42. The van der Waals surface area contributed by atoms with Crippen molar-refractivity contribution < 1.29 is 9.53 Å². The van der Waals surface area contributed by atoms with Crippen LogP contribution in [0, 0.1) is 0 Å². The Hall–Kier alpha value is -2.55. The monoisotopic (exact) mass is 474 g/mol. The van der Waals surface area contributed by atoms with E-state index in [-0.39, 0.29) is 12.0 Å². The third kappa shape index (κ3) is 3.90. The van der Waals surface area contributed by atoms with Crippen LogP contribution in [0.5, 0.6) is 0 Å². The van der Waals surface area contributed by atoms with Crippen molar-refractivity contribution in [1.82, 2.24) is 24.1 Å². The molecule has 4 heterocycles. The van der Waals surface area contributed by atoms with E-state index in [0.29, 0.717) is 24.6 Å². The summed E-state index contributed by atoms with van der Waals surface area (Å²) in [6, 6.07) is 2.03. The van der Waals surface area contributed by atoms with Gasteiger partial charge in [-0.2, -0.15) is 9.61 Å². The van der Waals surface area contributed by atoms with Crippen molar-refractivity contribution in [2.24, 2.45) is 7.05 Å². The van der Waals surface area contributed by atoms with Gasteiger partial charge in [0.15, 0.2) is 5.65 Å². The number of carbonyl (C=O) groups is 1. The Morgan fingerprint density at radius 3 is 2.80 bits per heavy atom. The van der Waals surface area contributed by atoms with E-state index in [1.54, 1.807) is 15.6 Å². The first-order valence-electron chi connectivity index (χ1n) is 10.1. The third-order valence-electron chi connectivity index (χ3n) is 5.25. The van der Waals surface area contributed by atoms with Gasteiger partial charge in [0, 0.05) is 49.6 Å². The number of nitrogens with zero attached hydrogens (tertiary/aromatic N) is 5. The number of likely N-dealkylation sites (tertiary alicyclic amines) is 1. The number of anilines is 1. The molecule has 30 heavy (non-hydrogen) atoms. The average Bonchev–Trinajstić information content (AvgIpc) is 3.29. The van der Waals surface area contributed by atoms with Crippen molar-refractivity contribution >= 4 is 33.5 Å². The summed E-state index contributed by atoms with van der Waals surface area (Å²) in [7, 11) is 1.98. The first-order chi connectivity index (χ1) is 14.1. The number of hydrogen-bond acceptors (Lipinski definition) is 5. The Labute approximate surface area is 184 Å². The molecule has 1 aliphatic heterocycles. The zero-order valence-electron chi connectivity index (χ0n) is 17.7. The summed E-state index contributed by atoms with van der Waals surface area (Å²) in [4.78, 5) is 19.3. The second kappa shape index (κ2) is 7.61. The third-order valence-corrected chi connectivity index (χ3v) is 6.06. The second-order valence-electron chi connectivity index (χ2n) is 8.82. The molecule has 160 valence electrons. The maximum absolute atomic E-state index is 12.6. The summed E-state index contributed by atoms with van der Waals surface area (Å²) < 4.78 is 9.94. The van der Waals surface area contributed by atoms with Crippen LogP contribution in [0.15, 0.2) is 29.1 Å². The summed E-state index contributed by atoms with van der Waals surface area (Å²) in [6.45, 7) is 6.87. The standard InChI is InChI=1S/C21H27BrN6O2/c1-21(2,3)30-20(29)27-8-5-6-14(12-27)17-16(22)18(23)28-19(25-17)15(10-24-28)13-7-9-26(4)11-13/h7,9-11,14H,5-6,8,12,23H2,1-4H3. The highest BCUT2D eigenvalue weighted by atomic mass is 79.9. The topological polar surface area (TPSA) is 90.7 Å². The van der Waals surface area contributed by atoms with E-state index in [4.69, 9.17) is 15.5 Å². The highest BCUT2D eigenvalue weighted by Gasteiger charge is 2.31. The number of carbonyl (C=O) groups excluding carboxylic acids is 1. The van der Waals surface area contributed by atoms with Crippen molar-refractivity contribution in [3.05, 3.63) is 34.8 Å². The Balaban J connectivity index is 1.69. The Bertz CT molecular complexity index is 1100. The number of amides is 1. The summed E-state index contributed by atoms with van der Waals surface area (Å²) in [5.74, 6) is 0.568. The summed E-state index contributed by atoms with van der Waals surface area (Å²) in [5, 5.41) is 4.44. The highest BCUT2D eigenvalue weighted by molar-refractivity contribution is 9.10. The number of hydrogen-bond donors (Lipinski definition) is 1. The quantitative estimate of drug-likeness (QED) is 0.600. The maximum atomic E-state index is 12.6. The summed E-state index contributed by atoms with van der Waals surface area (Å²) >= 11 is 3.63. The smallest absolute Gasteiger partial charge is 0.410 e. The molecule has 1 fully saturated rings. The van der Waals surface area contributed by atoms with Gasteiger partial charge in [-0.3, -0.25) is 0 Å². The number of aryl methyl sites for hydroxylation is 1. The van der Waals surface area contributed by atoms with E-state index in [9.17, 15) is 4.79 Å². The Morgan fingerprint density at radius 2 is 2.13 bits per heavy atom. The molecule has 1 aliphatic rings. The minimum Gasteiger partial charge on any atom is -0.444 e. The first kappa shape index (κ1) is 20.7. The molecule has 0 saturated carbocycles. The molecule has 0 radical (unpaired) electrons. The van der Waals surface area contributed by atoms with Crippen LogP contribution < -0.4 is 5.73 Å². The number of piperidine rings is 1. The molecule has 1 amide bonds. The number of fused-ring (bicyclic) bond motifs is 1. The number of nitrogens with two attached hydrogens (primary N) is 1. The summed E-state index contributed by atoms with van der Waals surface area (Å²) in [6.07, 6.45) is 7.33. The minimum atomic E-state index is -0.519. The average molecular weight is 475 g/mol. The van der Waals surface area contributed by atoms with E-state index < -0.39 is 5.60 Å². The normalized spacial score (nSPS) is 17.5. The van der Waals surface area contributed by atoms with Crippen molar-refractivity contribution in [2.75, 3.05) is 18.8 Å². The van der Waals surface area contributed by atoms with Crippen LogP contribution in [0.25, 0.3) is 16.8 Å². The maximum Gasteiger partial charge on any atom is 0.410 e. The van der Waals surface area contributed by atoms with Gasteiger partial charge in [-0.1, -0.05) is 0 Å². The van der Waals surface area contributed by atoms with Gasteiger partial charge in [-0.05, 0) is 55.6 Å². The van der Waals surface area contributed by atoms with Gasteiger partial charge < -0.3 is 19.9 Å². The predicted molar refractivity (Wildman–Crippen MR) is 119 cm³/mol. The van der Waals surface area contributed by atoms with Gasteiger partial charge in [-0.25, -0.2) is 9.78 Å². The second-order valence-corrected chi connectivity index (χ2v) is 9.61. The molecule has 1 saturated heterocycles. The fourth-order valence-electron chi connectivity index (χ4n) is 3.84. The van der Waals surface area contributed by atoms with Gasteiger partial charge in [0.05, 0.1) is 16.4 Å². The molecule has 0 spiro atoms. The van der Waals surface area contributed by atoms with Crippen molar-refractivity contribution in [3.8, 4) is 11.1 Å². The van der Waals surface area contributed by atoms with E-state index in [2.05, 4.69) is 21.0 Å². The number of rotatable bonds is 2. The number of ether oxygens (including phenoxy) is 1. The first-order valence-corrected chi connectivity index (χ1v) is 10.9. The lowest BCUT2D eigenvalue weighted by atomic mass is 9.94. The summed E-state index contributed by atoms with van der Waals surface area (Å²) in [5.41, 5.74) is 9.41. The van der Waals surface area contributed by atoms with Gasteiger partial charge >= 0.3 is 6.09 Å². The van der Waals surface area contributed by atoms with E-state index in [1.165, 1.54) is 0 Å². The highest BCUT2D eigenvalue weighted by Crippen LogP contribution is 2.36. The van der Waals surface area contributed by atoms with Crippen LogP contribution in [0.2, 0.25) is 0 Å². The van der Waals surface area contributed by atoms with Gasteiger partial charge in [0.2, 0.25) is 0 Å².